The van der Waals surface area contributed by atoms with Crippen molar-refractivity contribution >= 4 is 33.5 Å². The first kappa shape index (κ1) is 16.3. The van der Waals surface area contributed by atoms with Gasteiger partial charge < -0.3 is 15.8 Å². The lowest BCUT2D eigenvalue weighted by Gasteiger charge is -2.11. The number of rotatable bonds is 6. The van der Waals surface area contributed by atoms with E-state index in [2.05, 4.69) is 10.1 Å². The van der Waals surface area contributed by atoms with E-state index < -0.39 is 21.8 Å². The number of amides is 1. The van der Waals surface area contributed by atoms with E-state index in [1.807, 2.05) is 0 Å². The van der Waals surface area contributed by atoms with Crippen LogP contribution in [0.3, 0.4) is 0 Å². The molecule has 0 aromatic rings. The summed E-state index contributed by atoms with van der Waals surface area (Å²) < 4.78 is 26.9. The zero-order valence-corrected chi connectivity index (χ0v) is 12.3. The van der Waals surface area contributed by atoms with Crippen LogP contribution in [0.4, 0.5) is 0 Å². The van der Waals surface area contributed by atoms with Gasteiger partial charge >= 0.3 is 5.97 Å². The number of nitrogens with one attached hydrogen (secondary N) is 1. The molecule has 0 aromatic carbocycles. The summed E-state index contributed by atoms with van der Waals surface area (Å²) >= 11 is 1.21. The van der Waals surface area contributed by atoms with E-state index in [-0.39, 0.29) is 35.0 Å². The summed E-state index contributed by atoms with van der Waals surface area (Å²) in [6, 6.07) is -1.05. The highest BCUT2D eigenvalue weighted by Gasteiger charge is 2.28. The second-order valence-corrected chi connectivity index (χ2v) is 7.57. The number of nitrogens with two attached hydrogens (primary N) is 1. The van der Waals surface area contributed by atoms with Gasteiger partial charge in [0.2, 0.25) is 5.91 Å². The second kappa shape index (κ2) is 7.11. The Hall–Kier alpha value is -0.800. The highest BCUT2D eigenvalue weighted by Crippen LogP contribution is 2.11. The Morgan fingerprint density at radius 2 is 2.21 bits per heavy atom. The standard InChI is InChI=1S/C10H18N2O5S2/c1-17-10(14)8(11)4-18-5-9(13)12-7-2-3-19(15,16)6-7/h7-8H,2-6,11H2,1H3,(H,12,13). The lowest BCUT2D eigenvalue weighted by Crippen LogP contribution is -2.38. The molecule has 0 saturated carbocycles. The summed E-state index contributed by atoms with van der Waals surface area (Å²) in [5.74, 6) is -0.216. The number of ether oxygens (including phenoxy) is 1. The molecule has 3 N–H and O–H groups in total. The van der Waals surface area contributed by atoms with Gasteiger partial charge in [0.15, 0.2) is 9.84 Å². The van der Waals surface area contributed by atoms with Gasteiger partial charge in [0.05, 0.1) is 24.4 Å². The molecule has 1 aliphatic heterocycles. The van der Waals surface area contributed by atoms with Crippen molar-refractivity contribution in [1.29, 1.82) is 0 Å². The molecule has 1 fully saturated rings. The van der Waals surface area contributed by atoms with E-state index >= 15 is 0 Å². The van der Waals surface area contributed by atoms with Crippen molar-refractivity contribution in [2.24, 2.45) is 5.73 Å². The molecule has 0 aliphatic carbocycles. The van der Waals surface area contributed by atoms with Gasteiger partial charge in [-0.05, 0) is 6.42 Å². The van der Waals surface area contributed by atoms with Gasteiger partial charge in [0.25, 0.3) is 0 Å². The summed E-state index contributed by atoms with van der Waals surface area (Å²) in [6.45, 7) is 0. The van der Waals surface area contributed by atoms with Crippen LogP contribution in [0, 0.1) is 0 Å². The number of carbonyl (C=O) groups is 2. The third-order valence-electron chi connectivity index (χ3n) is 2.63. The molecular weight excluding hydrogens is 292 g/mol. The molecular formula is C10H18N2O5S2. The minimum Gasteiger partial charge on any atom is -0.468 e. The van der Waals surface area contributed by atoms with Crippen LogP contribution >= 0.6 is 11.8 Å². The minimum atomic E-state index is -2.99. The number of esters is 1. The van der Waals surface area contributed by atoms with Gasteiger partial charge in [-0.1, -0.05) is 0 Å². The van der Waals surface area contributed by atoms with E-state index in [4.69, 9.17) is 5.73 Å². The Labute approximate surface area is 116 Å². The average molecular weight is 310 g/mol. The van der Waals surface area contributed by atoms with Gasteiger partial charge in [-0.2, -0.15) is 0 Å². The van der Waals surface area contributed by atoms with E-state index in [1.165, 1.54) is 18.9 Å². The van der Waals surface area contributed by atoms with Crippen LogP contribution < -0.4 is 11.1 Å². The van der Waals surface area contributed by atoms with Crippen LogP contribution in [-0.2, 0) is 24.2 Å². The number of hydrogen-bond acceptors (Lipinski definition) is 7. The maximum absolute atomic E-state index is 11.5. The molecule has 19 heavy (non-hydrogen) atoms. The average Bonchev–Trinajstić information content (AvgIpc) is 2.67. The van der Waals surface area contributed by atoms with Crippen LogP contribution in [0.5, 0.6) is 0 Å². The summed E-state index contributed by atoms with van der Waals surface area (Å²) in [5.41, 5.74) is 5.51. The summed E-state index contributed by atoms with van der Waals surface area (Å²) in [6.07, 6.45) is 0.459. The van der Waals surface area contributed by atoms with Gasteiger partial charge in [0.1, 0.15) is 6.04 Å². The van der Waals surface area contributed by atoms with Gasteiger partial charge in [-0.15, -0.1) is 11.8 Å². The molecule has 2 unspecified atom stereocenters. The van der Waals surface area contributed by atoms with Gasteiger partial charge in [0, 0.05) is 11.8 Å². The van der Waals surface area contributed by atoms with Crippen molar-refractivity contribution in [1.82, 2.24) is 5.32 Å². The number of hydrogen-bond donors (Lipinski definition) is 2. The Morgan fingerprint density at radius 1 is 1.53 bits per heavy atom. The quantitative estimate of drug-likeness (QED) is 0.575. The normalized spacial score (nSPS) is 22.7. The number of thioether (sulfide) groups is 1. The summed E-state index contributed by atoms with van der Waals surface area (Å²) in [4.78, 5) is 22.6. The van der Waals surface area contributed by atoms with Crippen molar-refractivity contribution in [2.45, 2.75) is 18.5 Å². The Kier molecular flexibility index (Phi) is 6.08. The molecule has 1 aliphatic rings. The monoisotopic (exact) mass is 310 g/mol. The predicted molar refractivity (Wildman–Crippen MR) is 72.5 cm³/mol. The molecule has 0 bridgehead atoms. The zero-order valence-electron chi connectivity index (χ0n) is 10.6. The van der Waals surface area contributed by atoms with Crippen molar-refractivity contribution in [3.63, 3.8) is 0 Å². The van der Waals surface area contributed by atoms with Gasteiger partial charge in [-0.25, -0.2) is 8.42 Å². The third-order valence-corrected chi connectivity index (χ3v) is 5.46. The van der Waals surface area contributed by atoms with E-state index in [9.17, 15) is 18.0 Å². The molecule has 0 radical (unpaired) electrons. The zero-order chi connectivity index (χ0) is 14.5. The SMILES string of the molecule is COC(=O)C(N)CSCC(=O)NC1CCS(=O)(=O)C1. The molecule has 1 amide bonds. The molecule has 0 aromatic heterocycles. The first-order chi connectivity index (χ1) is 8.84. The molecule has 0 spiro atoms. The van der Waals surface area contributed by atoms with Crippen molar-refractivity contribution in [3.05, 3.63) is 0 Å². The number of sulfone groups is 1. The molecule has 110 valence electrons. The lowest BCUT2D eigenvalue weighted by atomic mass is 10.3. The molecule has 9 heteroatoms. The van der Waals surface area contributed by atoms with Crippen LogP contribution in [-0.4, -0.2) is 62.5 Å². The maximum atomic E-state index is 11.5. The van der Waals surface area contributed by atoms with Crippen LogP contribution in [0.2, 0.25) is 0 Å². The fraction of sp³-hybridized carbons (Fsp3) is 0.800. The second-order valence-electron chi connectivity index (χ2n) is 4.31. The Morgan fingerprint density at radius 3 is 2.74 bits per heavy atom. The van der Waals surface area contributed by atoms with Crippen LogP contribution in [0.25, 0.3) is 0 Å². The third kappa shape index (κ3) is 5.79. The highest BCUT2D eigenvalue weighted by molar-refractivity contribution is 8.00. The van der Waals surface area contributed by atoms with Crippen molar-refractivity contribution in [2.75, 3.05) is 30.1 Å². The predicted octanol–water partition coefficient (Wildman–Crippen LogP) is -1.48. The van der Waals surface area contributed by atoms with Crippen molar-refractivity contribution < 1.29 is 22.7 Å². The molecule has 7 nitrogen and oxygen atoms in total. The molecule has 1 saturated heterocycles. The van der Waals surface area contributed by atoms with Gasteiger partial charge in [-0.3, -0.25) is 9.59 Å². The number of methoxy groups -OCH3 is 1. The smallest absolute Gasteiger partial charge is 0.323 e. The van der Waals surface area contributed by atoms with E-state index in [0.29, 0.717) is 6.42 Å². The Balaban J connectivity index is 2.20. The summed E-state index contributed by atoms with van der Waals surface area (Å²) in [7, 11) is -1.74. The lowest BCUT2D eigenvalue weighted by molar-refractivity contribution is -0.141. The topological polar surface area (TPSA) is 116 Å². The molecule has 1 heterocycles. The minimum absolute atomic E-state index is 0.00504. The van der Waals surface area contributed by atoms with E-state index in [1.54, 1.807) is 0 Å². The fourth-order valence-electron chi connectivity index (χ4n) is 1.68. The van der Waals surface area contributed by atoms with Crippen molar-refractivity contribution in [3.8, 4) is 0 Å². The molecule has 2 atom stereocenters. The van der Waals surface area contributed by atoms with Crippen LogP contribution in [0.1, 0.15) is 6.42 Å². The first-order valence-electron chi connectivity index (χ1n) is 5.75. The number of carbonyl (C=O) groups excluding carboxylic acids is 2. The largest absolute Gasteiger partial charge is 0.468 e. The Bertz CT molecular complexity index is 437. The molecule has 1 rings (SSSR count). The van der Waals surface area contributed by atoms with E-state index in [0.717, 1.165) is 0 Å². The highest BCUT2D eigenvalue weighted by atomic mass is 32.2. The summed E-state index contributed by atoms with van der Waals surface area (Å²) in [5, 5.41) is 2.66. The fourth-order valence-corrected chi connectivity index (χ4v) is 4.13. The first-order valence-corrected chi connectivity index (χ1v) is 8.72. The van der Waals surface area contributed by atoms with Crippen LogP contribution in [0.15, 0.2) is 0 Å². The maximum Gasteiger partial charge on any atom is 0.323 e.